The predicted molar refractivity (Wildman–Crippen MR) is 84.3 cm³/mol. The van der Waals surface area contributed by atoms with E-state index in [1.165, 1.54) is 10.5 Å². The van der Waals surface area contributed by atoms with Gasteiger partial charge in [-0.05, 0) is 47.7 Å². The van der Waals surface area contributed by atoms with E-state index in [9.17, 15) is 8.42 Å². The lowest BCUT2D eigenvalue weighted by molar-refractivity contribution is 0.243. The molecule has 0 aliphatic carbocycles. The van der Waals surface area contributed by atoms with Crippen molar-refractivity contribution in [1.82, 2.24) is 9.29 Å². The van der Waals surface area contributed by atoms with Crippen LogP contribution in [-0.2, 0) is 10.0 Å². The fourth-order valence-electron chi connectivity index (χ4n) is 2.30. The molecular formula is C12H19BrClN3O2S. The number of nitrogens with two attached hydrogens (primary N) is 1. The normalized spacial score (nSPS) is 22.1. The van der Waals surface area contributed by atoms with Gasteiger partial charge in [0.1, 0.15) is 4.90 Å². The summed E-state index contributed by atoms with van der Waals surface area (Å²) in [6.07, 6.45) is 4.79. The number of aromatic nitrogens is 1. The van der Waals surface area contributed by atoms with Crippen molar-refractivity contribution in [3.8, 4) is 0 Å². The van der Waals surface area contributed by atoms with E-state index in [-0.39, 0.29) is 29.3 Å². The fourth-order valence-corrected chi connectivity index (χ4v) is 4.35. The molecule has 2 atom stereocenters. The maximum Gasteiger partial charge on any atom is 0.244 e. The largest absolute Gasteiger partial charge is 0.328 e. The Hall–Kier alpha value is -0.210. The van der Waals surface area contributed by atoms with Crippen molar-refractivity contribution in [3.05, 3.63) is 22.9 Å². The van der Waals surface area contributed by atoms with E-state index in [4.69, 9.17) is 5.73 Å². The first-order valence-corrected chi connectivity index (χ1v) is 8.51. The molecule has 0 amide bonds. The second kappa shape index (κ2) is 7.17. The Morgan fingerprint density at radius 2 is 2.20 bits per heavy atom. The Kier molecular flexibility index (Phi) is 6.40. The van der Waals surface area contributed by atoms with Gasteiger partial charge >= 0.3 is 0 Å². The van der Waals surface area contributed by atoms with Crippen LogP contribution in [0.5, 0.6) is 0 Å². The third-order valence-corrected chi connectivity index (χ3v) is 5.75. The van der Waals surface area contributed by atoms with Gasteiger partial charge in [-0.2, -0.15) is 4.31 Å². The maximum atomic E-state index is 12.5. The van der Waals surface area contributed by atoms with E-state index >= 15 is 0 Å². The lowest BCUT2D eigenvalue weighted by Crippen LogP contribution is -2.44. The van der Waals surface area contributed by atoms with Crippen LogP contribution in [0.15, 0.2) is 27.8 Å². The molecule has 1 saturated heterocycles. The molecule has 0 bridgehead atoms. The number of hydrogen-bond acceptors (Lipinski definition) is 4. The van der Waals surface area contributed by atoms with Crippen LogP contribution >= 0.6 is 28.3 Å². The highest BCUT2D eigenvalue weighted by Crippen LogP contribution is 2.25. The Morgan fingerprint density at radius 3 is 2.80 bits per heavy atom. The van der Waals surface area contributed by atoms with Gasteiger partial charge in [0, 0.05) is 36.0 Å². The molecule has 114 valence electrons. The van der Waals surface area contributed by atoms with Gasteiger partial charge in [-0.1, -0.05) is 0 Å². The van der Waals surface area contributed by atoms with E-state index in [0.29, 0.717) is 17.6 Å². The van der Waals surface area contributed by atoms with Crippen LogP contribution in [0.1, 0.15) is 19.8 Å². The second-order valence-corrected chi connectivity index (χ2v) is 7.82. The van der Waals surface area contributed by atoms with Crippen molar-refractivity contribution in [1.29, 1.82) is 0 Å². The van der Waals surface area contributed by atoms with Gasteiger partial charge in [0.25, 0.3) is 0 Å². The molecule has 2 heterocycles. The Morgan fingerprint density at radius 1 is 1.50 bits per heavy atom. The summed E-state index contributed by atoms with van der Waals surface area (Å²) in [7, 11) is -3.47. The summed E-state index contributed by atoms with van der Waals surface area (Å²) >= 11 is 3.25. The minimum Gasteiger partial charge on any atom is -0.328 e. The van der Waals surface area contributed by atoms with E-state index in [2.05, 4.69) is 20.9 Å². The first-order chi connectivity index (χ1) is 8.91. The molecule has 2 rings (SSSR count). The summed E-state index contributed by atoms with van der Waals surface area (Å²) in [6.45, 7) is 2.98. The molecule has 0 aromatic carbocycles. The summed E-state index contributed by atoms with van der Waals surface area (Å²) in [4.78, 5) is 4.15. The predicted octanol–water partition coefficient (Wildman–Crippen LogP) is 2.01. The highest BCUT2D eigenvalue weighted by Gasteiger charge is 2.31. The van der Waals surface area contributed by atoms with Gasteiger partial charge in [0.2, 0.25) is 10.0 Å². The van der Waals surface area contributed by atoms with Crippen LogP contribution in [0, 0.1) is 5.92 Å². The molecule has 20 heavy (non-hydrogen) atoms. The zero-order valence-corrected chi connectivity index (χ0v) is 14.4. The molecule has 1 aromatic heterocycles. The molecule has 8 heteroatoms. The summed E-state index contributed by atoms with van der Waals surface area (Å²) < 4.78 is 27.2. The van der Waals surface area contributed by atoms with Crippen molar-refractivity contribution in [2.45, 2.75) is 30.7 Å². The number of halogens is 2. The minimum absolute atomic E-state index is 0. The first-order valence-electron chi connectivity index (χ1n) is 6.27. The van der Waals surface area contributed by atoms with E-state index < -0.39 is 10.0 Å². The Bertz CT molecular complexity index is 553. The zero-order chi connectivity index (χ0) is 14.0. The van der Waals surface area contributed by atoms with Crippen LogP contribution in [-0.4, -0.2) is 36.8 Å². The third kappa shape index (κ3) is 3.92. The Labute approximate surface area is 134 Å². The molecule has 2 N–H and O–H groups in total. The van der Waals surface area contributed by atoms with Crippen molar-refractivity contribution < 1.29 is 8.42 Å². The molecular weight excluding hydrogens is 366 g/mol. The van der Waals surface area contributed by atoms with Crippen molar-refractivity contribution >= 4 is 38.4 Å². The second-order valence-electron chi connectivity index (χ2n) is 4.96. The van der Waals surface area contributed by atoms with Gasteiger partial charge in [-0.15, -0.1) is 12.4 Å². The summed E-state index contributed by atoms with van der Waals surface area (Å²) in [5.41, 5.74) is 5.89. The van der Waals surface area contributed by atoms with Crippen LogP contribution in [0.25, 0.3) is 0 Å². The lowest BCUT2D eigenvalue weighted by Gasteiger charge is -2.33. The van der Waals surface area contributed by atoms with Gasteiger partial charge < -0.3 is 5.73 Å². The van der Waals surface area contributed by atoms with E-state index in [1.54, 1.807) is 12.3 Å². The van der Waals surface area contributed by atoms with Crippen molar-refractivity contribution in [2.24, 2.45) is 11.7 Å². The fraction of sp³-hybridized carbons (Fsp3) is 0.583. The molecule has 1 fully saturated rings. The van der Waals surface area contributed by atoms with E-state index in [1.807, 2.05) is 6.92 Å². The quantitative estimate of drug-likeness (QED) is 0.865. The molecule has 1 aromatic rings. The molecule has 0 radical (unpaired) electrons. The summed E-state index contributed by atoms with van der Waals surface area (Å²) in [5, 5.41) is 0. The average molecular weight is 385 g/mol. The number of piperidine rings is 1. The monoisotopic (exact) mass is 383 g/mol. The van der Waals surface area contributed by atoms with Gasteiger partial charge in [-0.25, -0.2) is 8.42 Å². The van der Waals surface area contributed by atoms with Crippen LogP contribution in [0.2, 0.25) is 0 Å². The average Bonchev–Trinajstić information content (AvgIpc) is 2.39. The number of sulfonamides is 1. The first kappa shape index (κ1) is 17.8. The number of hydrogen-bond donors (Lipinski definition) is 1. The molecule has 2 unspecified atom stereocenters. The molecule has 5 nitrogen and oxygen atoms in total. The topological polar surface area (TPSA) is 76.3 Å². The minimum atomic E-state index is -3.47. The van der Waals surface area contributed by atoms with Crippen molar-refractivity contribution in [3.63, 3.8) is 0 Å². The Balaban J connectivity index is 0.00000200. The number of rotatable bonds is 3. The van der Waals surface area contributed by atoms with E-state index in [0.717, 1.165) is 12.8 Å². The van der Waals surface area contributed by atoms with Crippen LogP contribution in [0.3, 0.4) is 0 Å². The lowest BCUT2D eigenvalue weighted by atomic mass is 9.93. The van der Waals surface area contributed by atoms with Crippen molar-refractivity contribution in [2.75, 3.05) is 13.1 Å². The summed E-state index contributed by atoms with van der Waals surface area (Å²) in [6, 6.07) is 1.59. The third-order valence-electron chi connectivity index (χ3n) is 3.48. The molecule has 0 saturated carbocycles. The van der Waals surface area contributed by atoms with Crippen LogP contribution < -0.4 is 5.73 Å². The smallest absolute Gasteiger partial charge is 0.244 e. The molecule has 1 aliphatic rings. The van der Waals surface area contributed by atoms with Gasteiger partial charge in [0.05, 0.1) is 0 Å². The summed E-state index contributed by atoms with van der Waals surface area (Å²) in [5.74, 6) is 0.226. The zero-order valence-electron chi connectivity index (χ0n) is 11.2. The SMILES string of the molecule is CC(N)C1CCCN(S(=O)(=O)c2cncc(Br)c2)C1.Cl. The molecule has 1 aliphatic heterocycles. The highest BCUT2D eigenvalue weighted by atomic mass is 79.9. The maximum absolute atomic E-state index is 12.5. The number of nitrogens with zero attached hydrogens (tertiary/aromatic N) is 2. The number of pyridine rings is 1. The standard InChI is InChI=1S/C12H18BrN3O2S.ClH/c1-9(14)10-3-2-4-16(8-10)19(17,18)12-5-11(13)6-15-7-12;/h5-7,9-10H,2-4,8,14H2,1H3;1H. The molecule has 0 spiro atoms. The highest BCUT2D eigenvalue weighted by molar-refractivity contribution is 9.10. The van der Waals surface area contributed by atoms with Gasteiger partial charge in [-0.3, -0.25) is 4.98 Å². The van der Waals surface area contributed by atoms with Crippen LogP contribution in [0.4, 0.5) is 0 Å². The van der Waals surface area contributed by atoms with Gasteiger partial charge in [0.15, 0.2) is 0 Å².